The van der Waals surface area contributed by atoms with E-state index in [4.69, 9.17) is 4.98 Å². The molecule has 0 spiro atoms. The fourth-order valence-electron chi connectivity index (χ4n) is 3.45. The van der Waals surface area contributed by atoms with E-state index in [1.807, 2.05) is 5.38 Å². The van der Waals surface area contributed by atoms with E-state index in [1.165, 1.54) is 30.6 Å². The first-order valence-electron chi connectivity index (χ1n) is 8.33. The lowest BCUT2D eigenvalue weighted by atomic mass is 10.2. The van der Waals surface area contributed by atoms with Crippen molar-refractivity contribution in [2.24, 2.45) is 0 Å². The van der Waals surface area contributed by atoms with E-state index in [1.54, 1.807) is 17.7 Å². The van der Waals surface area contributed by atoms with E-state index in [0.29, 0.717) is 0 Å². The van der Waals surface area contributed by atoms with E-state index in [9.17, 15) is 0 Å². The summed E-state index contributed by atoms with van der Waals surface area (Å²) in [5.74, 6) is 2.07. The zero-order valence-corrected chi connectivity index (χ0v) is 14.0. The number of benzene rings is 1. The Morgan fingerprint density at radius 1 is 1.08 bits per heavy atom. The van der Waals surface area contributed by atoms with Crippen molar-refractivity contribution in [1.82, 2.24) is 19.5 Å². The Kier molecular flexibility index (Phi) is 3.23. The molecule has 0 bridgehead atoms. The standard InChI is InChI=1S/C18H17N5S/c1-2-4-16-22-14-10-12(5-6-15(14)23(16)8-3-1)21-17-13-7-9-24-18(13)20-11-19-17/h5-7,9-11H,1-4,8H2,(H,19,20,21). The highest BCUT2D eigenvalue weighted by molar-refractivity contribution is 7.16. The van der Waals surface area contributed by atoms with Gasteiger partial charge in [0.05, 0.1) is 16.4 Å². The second-order valence-electron chi connectivity index (χ2n) is 6.18. The molecule has 4 aromatic rings. The van der Waals surface area contributed by atoms with Crippen molar-refractivity contribution in [2.75, 3.05) is 5.32 Å². The molecule has 1 aliphatic heterocycles. The molecule has 1 aromatic carbocycles. The van der Waals surface area contributed by atoms with Crippen LogP contribution < -0.4 is 5.32 Å². The number of hydrogen-bond donors (Lipinski definition) is 1. The van der Waals surface area contributed by atoms with Gasteiger partial charge in [-0.05, 0) is 42.5 Å². The zero-order valence-electron chi connectivity index (χ0n) is 13.2. The lowest BCUT2D eigenvalue weighted by molar-refractivity contribution is 0.647. The van der Waals surface area contributed by atoms with Crippen molar-refractivity contribution >= 4 is 44.1 Å². The third-order valence-corrected chi connectivity index (χ3v) is 5.45. The summed E-state index contributed by atoms with van der Waals surface area (Å²) in [5.41, 5.74) is 3.32. The number of thiophene rings is 1. The molecule has 5 rings (SSSR count). The average Bonchev–Trinajstić information content (AvgIpc) is 3.13. The summed E-state index contributed by atoms with van der Waals surface area (Å²) >= 11 is 1.63. The number of aryl methyl sites for hydroxylation is 2. The fraction of sp³-hybridized carbons (Fsp3) is 0.278. The summed E-state index contributed by atoms with van der Waals surface area (Å²) < 4.78 is 2.38. The third kappa shape index (κ3) is 2.26. The minimum Gasteiger partial charge on any atom is -0.340 e. The van der Waals surface area contributed by atoms with Gasteiger partial charge >= 0.3 is 0 Å². The van der Waals surface area contributed by atoms with Crippen LogP contribution >= 0.6 is 11.3 Å². The van der Waals surface area contributed by atoms with E-state index in [2.05, 4.69) is 44.1 Å². The predicted molar refractivity (Wildman–Crippen MR) is 98.0 cm³/mol. The predicted octanol–water partition coefficient (Wildman–Crippen LogP) is 4.51. The molecule has 120 valence electrons. The smallest absolute Gasteiger partial charge is 0.142 e. The Hall–Kier alpha value is -2.47. The van der Waals surface area contributed by atoms with Crippen LogP contribution in [0.5, 0.6) is 0 Å². The van der Waals surface area contributed by atoms with Gasteiger partial charge in [0.25, 0.3) is 0 Å². The Morgan fingerprint density at radius 2 is 2.08 bits per heavy atom. The molecule has 3 aromatic heterocycles. The van der Waals surface area contributed by atoms with Gasteiger partial charge in [-0.15, -0.1) is 11.3 Å². The first kappa shape index (κ1) is 13.9. The highest BCUT2D eigenvalue weighted by Gasteiger charge is 2.14. The van der Waals surface area contributed by atoms with Gasteiger partial charge in [0.2, 0.25) is 0 Å². The van der Waals surface area contributed by atoms with Crippen molar-refractivity contribution in [2.45, 2.75) is 32.2 Å². The van der Waals surface area contributed by atoms with Gasteiger partial charge in [-0.25, -0.2) is 15.0 Å². The molecule has 0 saturated heterocycles. The van der Waals surface area contributed by atoms with E-state index >= 15 is 0 Å². The van der Waals surface area contributed by atoms with Crippen molar-refractivity contribution in [3.63, 3.8) is 0 Å². The van der Waals surface area contributed by atoms with E-state index in [0.717, 1.165) is 40.2 Å². The summed E-state index contributed by atoms with van der Waals surface area (Å²) in [6.07, 6.45) is 6.48. The van der Waals surface area contributed by atoms with Crippen molar-refractivity contribution in [3.05, 3.63) is 41.8 Å². The second kappa shape index (κ2) is 5.56. The van der Waals surface area contributed by atoms with Crippen LogP contribution in [0.25, 0.3) is 21.3 Å². The van der Waals surface area contributed by atoms with Crippen LogP contribution in [0.2, 0.25) is 0 Å². The van der Waals surface area contributed by atoms with Crippen molar-refractivity contribution in [3.8, 4) is 0 Å². The molecule has 6 heteroatoms. The van der Waals surface area contributed by atoms with Gasteiger partial charge in [0.1, 0.15) is 22.8 Å². The summed E-state index contributed by atoms with van der Waals surface area (Å²) in [7, 11) is 0. The Labute approximate surface area is 143 Å². The van der Waals surface area contributed by atoms with Crippen LogP contribution in [0.15, 0.2) is 36.0 Å². The minimum atomic E-state index is 0.848. The molecule has 5 nitrogen and oxygen atoms in total. The normalized spacial score (nSPS) is 14.7. The number of anilines is 2. The largest absolute Gasteiger partial charge is 0.340 e. The summed E-state index contributed by atoms with van der Waals surface area (Å²) in [6, 6.07) is 8.46. The topological polar surface area (TPSA) is 55.6 Å². The number of imidazole rings is 1. The van der Waals surface area contributed by atoms with Gasteiger partial charge < -0.3 is 9.88 Å². The number of nitrogens with one attached hydrogen (secondary N) is 1. The Morgan fingerprint density at radius 3 is 3.08 bits per heavy atom. The van der Waals surface area contributed by atoms with Crippen LogP contribution in [0, 0.1) is 0 Å². The van der Waals surface area contributed by atoms with E-state index in [-0.39, 0.29) is 0 Å². The van der Waals surface area contributed by atoms with Crippen LogP contribution in [0.4, 0.5) is 11.5 Å². The number of fused-ring (bicyclic) bond motifs is 4. The SMILES string of the molecule is c1nc(Nc2ccc3c(c2)nc2n3CCCCC2)c2ccsc2n1. The summed E-state index contributed by atoms with van der Waals surface area (Å²) in [6.45, 7) is 1.08. The quantitative estimate of drug-likeness (QED) is 0.585. The maximum atomic E-state index is 4.86. The van der Waals surface area contributed by atoms with Crippen LogP contribution in [0.3, 0.4) is 0 Å². The van der Waals surface area contributed by atoms with E-state index < -0.39 is 0 Å². The summed E-state index contributed by atoms with van der Waals surface area (Å²) in [5, 5.41) is 6.52. The molecule has 0 fully saturated rings. The van der Waals surface area contributed by atoms with Crippen LogP contribution in [-0.4, -0.2) is 19.5 Å². The molecule has 0 atom stereocenters. The van der Waals surface area contributed by atoms with Gasteiger partial charge in [-0.2, -0.15) is 0 Å². The number of hydrogen-bond acceptors (Lipinski definition) is 5. The molecule has 24 heavy (non-hydrogen) atoms. The highest BCUT2D eigenvalue weighted by Crippen LogP contribution is 2.29. The lowest BCUT2D eigenvalue weighted by Crippen LogP contribution is -2.00. The Bertz CT molecular complexity index is 1030. The first-order chi connectivity index (χ1) is 11.9. The number of rotatable bonds is 2. The highest BCUT2D eigenvalue weighted by atomic mass is 32.1. The average molecular weight is 335 g/mol. The second-order valence-corrected chi connectivity index (χ2v) is 7.08. The maximum Gasteiger partial charge on any atom is 0.142 e. The van der Waals surface area contributed by atoms with Gasteiger partial charge in [0, 0.05) is 18.7 Å². The molecule has 0 amide bonds. The third-order valence-electron chi connectivity index (χ3n) is 4.63. The molecule has 0 aliphatic carbocycles. The van der Waals surface area contributed by atoms with Crippen molar-refractivity contribution in [1.29, 1.82) is 0 Å². The molecule has 1 aliphatic rings. The number of aromatic nitrogens is 4. The van der Waals surface area contributed by atoms with Gasteiger partial charge in [-0.1, -0.05) is 6.42 Å². The minimum absolute atomic E-state index is 0.848. The molecule has 4 heterocycles. The molecule has 0 radical (unpaired) electrons. The number of nitrogens with zero attached hydrogens (tertiary/aromatic N) is 4. The maximum absolute atomic E-state index is 4.86. The van der Waals surface area contributed by atoms with Crippen LogP contribution in [-0.2, 0) is 13.0 Å². The molecular weight excluding hydrogens is 318 g/mol. The van der Waals surface area contributed by atoms with Crippen LogP contribution in [0.1, 0.15) is 25.1 Å². The molecular formula is C18H17N5S. The Balaban J connectivity index is 1.55. The van der Waals surface area contributed by atoms with Gasteiger partial charge in [-0.3, -0.25) is 0 Å². The van der Waals surface area contributed by atoms with Gasteiger partial charge in [0.15, 0.2) is 0 Å². The summed E-state index contributed by atoms with van der Waals surface area (Å²) in [4.78, 5) is 14.6. The first-order valence-corrected chi connectivity index (χ1v) is 9.21. The zero-order chi connectivity index (χ0) is 15.9. The van der Waals surface area contributed by atoms with Crippen molar-refractivity contribution < 1.29 is 0 Å². The monoisotopic (exact) mass is 335 g/mol. The lowest BCUT2D eigenvalue weighted by Gasteiger charge is -2.07. The molecule has 1 N–H and O–H groups in total. The molecule has 0 saturated carbocycles. The fourth-order valence-corrected chi connectivity index (χ4v) is 4.19. The molecule has 0 unspecified atom stereocenters.